The zero-order valence-electron chi connectivity index (χ0n) is 8.72. The molecule has 0 aromatic heterocycles. The first-order valence-electron chi connectivity index (χ1n) is 5.10. The summed E-state index contributed by atoms with van der Waals surface area (Å²) in [6.07, 6.45) is 1.91. The summed E-state index contributed by atoms with van der Waals surface area (Å²) < 4.78 is 17.6. The highest BCUT2D eigenvalue weighted by atomic mass is 127. The Kier molecular flexibility index (Phi) is 3.08. The van der Waals surface area contributed by atoms with Crippen LogP contribution in [-0.4, -0.2) is 29.7 Å². The van der Waals surface area contributed by atoms with Crippen LogP contribution in [0.25, 0.3) is 0 Å². The van der Waals surface area contributed by atoms with E-state index >= 15 is 0 Å². The molecule has 3 aliphatic rings. The van der Waals surface area contributed by atoms with E-state index in [1.807, 2.05) is 0 Å². The van der Waals surface area contributed by atoms with Gasteiger partial charge in [0.25, 0.3) is 5.97 Å². The third-order valence-corrected chi connectivity index (χ3v) is 3.39. The summed E-state index contributed by atoms with van der Waals surface area (Å²) in [4.78, 5) is 0. The van der Waals surface area contributed by atoms with Gasteiger partial charge in [0.1, 0.15) is 0 Å². The van der Waals surface area contributed by atoms with Crippen LogP contribution in [0, 0.1) is 5.41 Å². The Bertz CT molecular complexity index is 193. The van der Waals surface area contributed by atoms with Gasteiger partial charge in [-0.1, -0.05) is 36.4 Å². The van der Waals surface area contributed by atoms with Crippen LogP contribution in [0.15, 0.2) is 0 Å². The van der Waals surface area contributed by atoms with Gasteiger partial charge in [0.05, 0.1) is 19.8 Å². The molecule has 3 fully saturated rings. The molecule has 0 amide bonds. The minimum Gasteiger partial charge on any atom is -0.327 e. The molecule has 0 radical (unpaired) electrons. The number of alkyl halides is 1. The highest BCUT2D eigenvalue weighted by Crippen LogP contribution is 2.40. The maximum absolute atomic E-state index is 5.67. The maximum atomic E-state index is 5.67. The lowest BCUT2D eigenvalue weighted by Gasteiger charge is -2.50. The molecule has 0 aliphatic carbocycles. The molecule has 3 heterocycles. The summed E-state index contributed by atoms with van der Waals surface area (Å²) in [5.74, 6) is -0.711. The minimum atomic E-state index is -0.711. The van der Waals surface area contributed by atoms with Crippen molar-refractivity contribution in [3.05, 3.63) is 0 Å². The van der Waals surface area contributed by atoms with Gasteiger partial charge in [-0.3, -0.25) is 0 Å². The van der Waals surface area contributed by atoms with E-state index in [0.29, 0.717) is 3.92 Å². The Morgan fingerprint density at radius 1 is 1.21 bits per heavy atom. The lowest BCUT2D eigenvalue weighted by atomic mass is 9.91. The SMILES string of the molecule is CC(I)CCC12OCC(C)(CO1)CO2. The molecule has 0 aromatic carbocycles. The normalized spacial score (nSPS) is 43.9. The molecule has 2 bridgehead atoms. The summed E-state index contributed by atoms with van der Waals surface area (Å²) >= 11 is 2.41. The number of fused-ring (bicyclic) bond motifs is 3. The van der Waals surface area contributed by atoms with Gasteiger partial charge in [-0.2, -0.15) is 0 Å². The molecule has 0 N–H and O–H groups in total. The molecule has 3 saturated heterocycles. The molecule has 0 saturated carbocycles. The first kappa shape index (κ1) is 11.1. The third kappa shape index (κ3) is 2.23. The van der Waals surface area contributed by atoms with Gasteiger partial charge < -0.3 is 14.2 Å². The molecule has 4 heteroatoms. The predicted molar refractivity (Wildman–Crippen MR) is 61.4 cm³/mol. The fourth-order valence-electron chi connectivity index (χ4n) is 1.69. The second kappa shape index (κ2) is 3.88. The molecule has 14 heavy (non-hydrogen) atoms. The molecular weight excluding hydrogens is 295 g/mol. The van der Waals surface area contributed by atoms with Crippen LogP contribution in [0.5, 0.6) is 0 Å². The second-order valence-electron chi connectivity index (χ2n) is 4.68. The van der Waals surface area contributed by atoms with E-state index in [-0.39, 0.29) is 5.41 Å². The summed E-state index contributed by atoms with van der Waals surface area (Å²) in [6.45, 7) is 6.62. The average molecular weight is 312 g/mol. The summed E-state index contributed by atoms with van der Waals surface area (Å²) in [7, 11) is 0. The Labute approximate surface area is 98.6 Å². The van der Waals surface area contributed by atoms with Crippen molar-refractivity contribution in [3.63, 3.8) is 0 Å². The van der Waals surface area contributed by atoms with Gasteiger partial charge in [0.15, 0.2) is 0 Å². The van der Waals surface area contributed by atoms with Crippen LogP contribution >= 0.6 is 22.6 Å². The van der Waals surface area contributed by atoms with Crippen molar-refractivity contribution < 1.29 is 14.2 Å². The van der Waals surface area contributed by atoms with E-state index in [1.165, 1.54) is 0 Å². The van der Waals surface area contributed by atoms with Gasteiger partial charge in [0.2, 0.25) is 0 Å². The van der Waals surface area contributed by atoms with Gasteiger partial charge in [0, 0.05) is 15.8 Å². The largest absolute Gasteiger partial charge is 0.327 e. The second-order valence-corrected chi connectivity index (χ2v) is 6.81. The number of halogens is 1. The van der Waals surface area contributed by atoms with Crippen molar-refractivity contribution in [2.24, 2.45) is 5.41 Å². The highest BCUT2D eigenvalue weighted by Gasteiger charge is 2.49. The molecule has 0 aromatic rings. The maximum Gasteiger partial charge on any atom is 0.282 e. The van der Waals surface area contributed by atoms with Crippen molar-refractivity contribution in [3.8, 4) is 0 Å². The van der Waals surface area contributed by atoms with Gasteiger partial charge in [-0.05, 0) is 6.42 Å². The van der Waals surface area contributed by atoms with Crippen molar-refractivity contribution in [2.75, 3.05) is 19.8 Å². The summed E-state index contributed by atoms with van der Waals surface area (Å²) in [5.41, 5.74) is 0.0810. The van der Waals surface area contributed by atoms with Crippen molar-refractivity contribution in [2.45, 2.75) is 36.6 Å². The highest BCUT2D eigenvalue weighted by molar-refractivity contribution is 14.1. The van der Waals surface area contributed by atoms with Crippen molar-refractivity contribution in [1.82, 2.24) is 0 Å². The lowest BCUT2D eigenvalue weighted by Crippen LogP contribution is -2.58. The van der Waals surface area contributed by atoms with Gasteiger partial charge in [-0.25, -0.2) is 0 Å². The Morgan fingerprint density at radius 2 is 1.71 bits per heavy atom. The molecule has 3 rings (SSSR count). The molecule has 0 spiro atoms. The first-order valence-corrected chi connectivity index (χ1v) is 6.34. The molecule has 3 nitrogen and oxygen atoms in total. The van der Waals surface area contributed by atoms with E-state index in [4.69, 9.17) is 14.2 Å². The molecule has 3 aliphatic heterocycles. The van der Waals surface area contributed by atoms with Crippen LogP contribution in [0.2, 0.25) is 0 Å². The van der Waals surface area contributed by atoms with E-state index in [1.54, 1.807) is 0 Å². The number of ether oxygens (including phenoxy) is 3. The molecule has 1 unspecified atom stereocenters. The zero-order valence-corrected chi connectivity index (χ0v) is 10.9. The van der Waals surface area contributed by atoms with E-state index < -0.39 is 5.97 Å². The Balaban J connectivity index is 1.92. The van der Waals surface area contributed by atoms with Crippen LogP contribution in [0.3, 0.4) is 0 Å². The van der Waals surface area contributed by atoms with Crippen LogP contribution < -0.4 is 0 Å². The fraction of sp³-hybridized carbons (Fsp3) is 1.00. The first-order chi connectivity index (χ1) is 6.54. The van der Waals surface area contributed by atoms with Crippen LogP contribution in [0.4, 0.5) is 0 Å². The van der Waals surface area contributed by atoms with Crippen LogP contribution in [-0.2, 0) is 14.2 Å². The predicted octanol–water partition coefficient (Wildman–Crippen LogP) is 2.33. The molecule has 1 atom stereocenters. The number of rotatable bonds is 3. The number of hydrogen-bond acceptors (Lipinski definition) is 3. The van der Waals surface area contributed by atoms with Crippen molar-refractivity contribution >= 4 is 22.6 Å². The Hall–Kier alpha value is 0.610. The topological polar surface area (TPSA) is 27.7 Å². The van der Waals surface area contributed by atoms with Crippen molar-refractivity contribution in [1.29, 1.82) is 0 Å². The minimum absolute atomic E-state index is 0.0810. The molecule has 82 valence electrons. The quantitative estimate of drug-likeness (QED) is 0.591. The van der Waals surface area contributed by atoms with E-state index in [2.05, 4.69) is 36.4 Å². The standard InChI is InChI=1S/C10H17IO3/c1-8(11)3-4-10-12-5-9(2,6-13-10)7-14-10/h8H,3-7H2,1-2H3. The Morgan fingerprint density at radius 3 is 2.14 bits per heavy atom. The summed E-state index contributed by atoms with van der Waals surface area (Å²) in [5, 5.41) is 0. The monoisotopic (exact) mass is 312 g/mol. The molecular formula is C10H17IO3. The third-order valence-electron chi connectivity index (χ3n) is 2.77. The smallest absolute Gasteiger partial charge is 0.282 e. The van der Waals surface area contributed by atoms with Gasteiger partial charge >= 0.3 is 0 Å². The van der Waals surface area contributed by atoms with E-state index in [0.717, 1.165) is 32.7 Å². The average Bonchev–Trinajstić information content (AvgIpc) is 2.17. The lowest BCUT2D eigenvalue weighted by molar-refractivity contribution is -0.467. The van der Waals surface area contributed by atoms with Crippen LogP contribution in [0.1, 0.15) is 26.7 Å². The van der Waals surface area contributed by atoms with Gasteiger partial charge in [-0.15, -0.1) is 0 Å². The fourth-order valence-corrected chi connectivity index (χ4v) is 2.01. The summed E-state index contributed by atoms with van der Waals surface area (Å²) in [6, 6.07) is 0. The zero-order chi connectivity index (χ0) is 10.2. The van der Waals surface area contributed by atoms with E-state index in [9.17, 15) is 0 Å². The number of hydrogen-bond donors (Lipinski definition) is 0.